The molecule has 4 nitrogen and oxygen atoms in total. The van der Waals surface area contributed by atoms with E-state index < -0.39 is 12.2 Å². The lowest BCUT2D eigenvalue weighted by atomic mass is 9.33. The average Bonchev–Trinajstić information content (AvgIpc) is 2.80. The summed E-state index contributed by atoms with van der Waals surface area (Å²) >= 11 is 0. The Kier molecular flexibility index (Phi) is 6.17. The molecule has 204 valence electrons. The summed E-state index contributed by atoms with van der Waals surface area (Å²) in [5, 5.41) is 22.0. The van der Waals surface area contributed by atoms with E-state index in [1.807, 2.05) is 6.92 Å². The van der Waals surface area contributed by atoms with Crippen LogP contribution in [0.15, 0.2) is 11.6 Å². The molecule has 0 aromatic carbocycles. The molecule has 0 aromatic rings. The molecular weight excluding hydrogens is 448 g/mol. The van der Waals surface area contributed by atoms with Crippen LogP contribution in [-0.4, -0.2) is 35.0 Å². The zero-order valence-electron chi connectivity index (χ0n) is 24.2. The minimum absolute atomic E-state index is 0.0126. The largest absolute Gasteiger partial charge is 0.466 e. The highest BCUT2D eigenvalue weighted by Gasteiger charge is 2.70. The maximum atomic E-state index is 13.6. The Hall–Kier alpha value is -0.870. The van der Waals surface area contributed by atoms with Crippen molar-refractivity contribution >= 4 is 5.97 Å². The number of allylic oxidation sites excluding steroid dienone is 2. The Morgan fingerprint density at radius 1 is 1.00 bits per heavy atom. The number of fused-ring (bicyclic) bond motifs is 7. The smallest absolute Gasteiger partial charge is 0.312 e. The van der Waals surface area contributed by atoms with Crippen molar-refractivity contribution in [2.45, 2.75) is 119 Å². The third-order valence-corrected chi connectivity index (χ3v) is 13.6. The lowest BCUT2D eigenvalue weighted by molar-refractivity contribution is -0.232. The molecule has 36 heavy (non-hydrogen) atoms. The molecule has 0 saturated heterocycles. The average molecular weight is 501 g/mol. The topological polar surface area (TPSA) is 66.8 Å². The Morgan fingerprint density at radius 2 is 1.69 bits per heavy atom. The standard InChI is InChI=1S/C32H52O4/c1-9-36-27(35)32-15-12-19(2)20(3)25(32)21-10-11-24-29(6)18-22(33)26(34)28(4,5)23(29)13-14-31(24,8)30(21,7)16-17-32/h10,19-20,22-26,33-34H,9,11-18H2,1-8H3/t19-,20+,22-,23+,24-,25+,26+,29+,30-,31-,32+/m1/s1. The second-order valence-corrected chi connectivity index (χ2v) is 15.1. The molecule has 4 saturated carbocycles. The van der Waals surface area contributed by atoms with E-state index in [0.717, 1.165) is 44.9 Å². The van der Waals surface area contributed by atoms with E-state index in [1.165, 1.54) is 0 Å². The number of hydrogen-bond acceptors (Lipinski definition) is 4. The quantitative estimate of drug-likeness (QED) is 0.334. The summed E-state index contributed by atoms with van der Waals surface area (Å²) in [6.07, 6.45) is 9.23. The zero-order chi connectivity index (χ0) is 26.5. The summed E-state index contributed by atoms with van der Waals surface area (Å²) in [6, 6.07) is 0. The Labute approximate surface area is 219 Å². The van der Waals surface area contributed by atoms with Crippen LogP contribution in [-0.2, 0) is 9.53 Å². The number of aliphatic hydroxyl groups excluding tert-OH is 2. The molecule has 2 N–H and O–H groups in total. The Morgan fingerprint density at radius 3 is 2.36 bits per heavy atom. The number of esters is 1. The molecule has 0 radical (unpaired) electrons. The molecule has 0 spiro atoms. The van der Waals surface area contributed by atoms with Crippen molar-refractivity contribution in [3.05, 3.63) is 11.6 Å². The molecule has 4 fully saturated rings. The van der Waals surface area contributed by atoms with E-state index in [2.05, 4.69) is 54.5 Å². The van der Waals surface area contributed by atoms with Crippen LogP contribution in [0.1, 0.15) is 107 Å². The van der Waals surface area contributed by atoms with Gasteiger partial charge in [0.05, 0.1) is 24.2 Å². The van der Waals surface area contributed by atoms with Crippen LogP contribution in [0.2, 0.25) is 0 Å². The van der Waals surface area contributed by atoms with Gasteiger partial charge in [0.2, 0.25) is 0 Å². The molecule has 5 aliphatic carbocycles. The van der Waals surface area contributed by atoms with Crippen molar-refractivity contribution in [2.75, 3.05) is 6.61 Å². The van der Waals surface area contributed by atoms with E-state index in [1.54, 1.807) is 5.57 Å². The molecule has 0 unspecified atom stereocenters. The Bertz CT molecular complexity index is 938. The maximum absolute atomic E-state index is 13.6. The van der Waals surface area contributed by atoms with Crippen molar-refractivity contribution < 1.29 is 19.7 Å². The first-order valence-electron chi connectivity index (χ1n) is 14.9. The van der Waals surface area contributed by atoms with Gasteiger partial charge < -0.3 is 14.9 Å². The van der Waals surface area contributed by atoms with Gasteiger partial charge in [0.25, 0.3) is 0 Å². The van der Waals surface area contributed by atoms with Crippen molar-refractivity contribution in [3.63, 3.8) is 0 Å². The van der Waals surface area contributed by atoms with E-state index in [4.69, 9.17) is 4.74 Å². The van der Waals surface area contributed by atoms with Crippen LogP contribution in [0, 0.1) is 56.7 Å². The van der Waals surface area contributed by atoms with Gasteiger partial charge >= 0.3 is 5.97 Å². The third-order valence-electron chi connectivity index (χ3n) is 13.6. The summed E-state index contributed by atoms with van der Waals surface area (Å²) in [7, 11) is 0. The van der Waals surface area contributed by atoms with Crippen LogP contribution < -0.4 is 0 Å². The third kappa shape index (κ3) is 3.15. The molecule has 5 aliphatic rings. The van der Waals surface area contributed by atoms with Gasteiger partial charge in [-0.05, 0) is 110 Å². The molecule has 0 amide bonds. The summed E-state index contributed by atoms with van der Waals surface area (Å²) in [5.74, 6) is 2.24. The zero-order valence-corrected chi connectivity index (χ0v) is 24.2. The van der Waals surface area contributed by atoms with E-state index in [-0.39, 0.29) is 39.0 Å². The maximum Gasteiger partial charge on any atom is 0.312 e. The Balaban J connectivity index is 1.61. The summed E-state index contributed by atoms with van der Waals surface area (Å²) in [4.78, 5) is 13.6. The molecule has 5 rings (SSSR count). The van der Waals surface area contributed by atoms with Gasteiger partial charge in [-0.3, -0.25) is 4.79 Å². The number of ether oxygens (including phenoxy) is 1. The predicted molar refractivity (Wildman–Crippen MR) is 143 cm³/mol. The summed E-state index contributed by atoms with van der Waals surface area (Å²) < 4.78 is 5.78. The number of rotatable bonds is 2. The second kappa shape index (κ2) is 8.31. The van der Waals surface area contributed by atoms with Crippen molar-refractivity contribution in [2.24, 2.45) is 56.7 Å². The lowest BCUT2D eigenvalue weighted by Gasteiger charge is -2.71. The minimum atomic E-state index is -0.663. The van der Waals surface area contributed by atoms with Gasteiger partial charge in [-0.2, -0.15) is 0 Å². The van der Waals surface area contributed by atoms with Crippen LogP contribution in [0.5, 0.6) is 0 Å². The summed E-state index contributed by atoms with van der Waals surface area (Å²) in [5.41, 5.74) is 1.03. The first-order chi connectivity index (χ1) is 16.7. The van der Waals surface area contributed by atoms with Crippen LogP contribution in [0.25, 0.3) is 0 Å². The minimum Gasteiger partial charge on any atom is -0.466 e. The molecule has 0 heterocycles. The van der Waals surface area contributed by atoms with E-state index >= 15 is 0 Å². The molecule has 11 atom stereocenters. The molecular formula is C32H52O4. The molecule has 0 bridgehead atoms. The van der Waals surface area contributed by atoms with Crippen LogP contribution in [0.4, 0.5) is 0 Å². The highest BCUT2D eigenvalue weighted by molar-refractivity contribution is 5.78. The highest BCUT2D eigenvalue weighted by atomic mass is 16.5. The number of aliphatic hydroxyl groups is 2. The van der Waals surface area contributed by atoms with Crippen LogP contribution in [0.3, 0.4) is 0 Å². The number of carbonyl (C=O) groups excluding carboxylic acids is 1. The normalized spacial score (nSPS) is 53.7. The SMILES string of the molecule is CCOC(=O)[C@]12CC[C@@H](C)[C@H](C)[C@H]1C1=CC[C@@H]3[C@@]4(C)C[C@@H](O)[C@H](O)C(C)(C)[C@@H]4CC[C@@]3(C)[C@]1(C)CC2. The summed E-state index contributed by atoms with van der Waals surface area (Å²) in [6.45, 7) is 19.0. The van der Waals surface area contributed by atoms with Crippen molar-refractivity contribution in [1.29, 1.82) is 0 Å². The van der Waals surface area contributed by atoms with Gasteiger partial charge in [-0.25, -0.2) is 0 Å². The van der Waals surface area contributed by atoms with E-state index in [9.17, 15) is 15.0 Å². The monoisotopic (exact) mass is 500 g/mol. The lowest BCUT2D eigenvalue weighted by Crippen LogP contribution is -2.67. The van der Waals surface area contributed by atoms with E-state index in [0.29, 0.717) is 36.7 Å². The fourth-order valence-electron chi connectivity index (χ4n) is 11.3. The van der Waals surface area contributed by atoms with Gasteiger partial charge in [0, 0.05) is 0 Å². The first kappa shape index (κ1) is 26.7. The first-order valence-corrected chi connectivity index (χ1v) is 14.9. The number of hydrogen-bond donors (Lipinski definition) is 2. The molecule has 0 aliphatic heterocycles. The van der Waals surface area contributed by atoms with Crippen LogP contribution >= 0.6 is 0 Å². The van der Waals surface area contributed by atoms with Gasteiger partial charge in [0.1, 0.15) is 0 Å². The van der Waals surface area contributed by atoms with Gasteiger partial charge in [0.15, 0.2) is 0 Å². The molecule has 0 aromatic heterocycles. The van der Waals surface area contributed by atoms with Gasteiger partial charge in [-0.1, -0.05) is 60.1 Å². The fraction of sp³-hybridized carbons (Fsp3) is 0.906. The predicted octanol–water partition coefficient (Wildman–Crippen LogP) is 6.54. The molecule has 4 heteroatoms. The van der Waals surface area contributed by atoms with Gasteiger partial charge in [-0.15, -0.1) is 0 Å². The fourth-order valence-corrected chi connectivity index (χ4v) is 11.3. The highest BCUT2D eigenvalue weighted by Crippen LogP contribution is 2.75. The number of carbonyl (C=O) groups is 1. The van der Waals surface area contributed by atoms with Crippen molar-refractivity contribution in [3.8, 4) is 0 Å². The van der Waals surface area contributed by atoms with Crippen molar-refractivity contribution in [1.82, 2.24) is 0 Å². The second-order valence-electron chi connectivity index (χ2n) is 15.1.